The van der Waals surface area contributed by atoms with Crippen molar-refractivity contribution in [2.24, 2.45) is 16.7 Å². The highest BCUT2D eigenvalue weighted by Crippen LogP contribution is 2.56. The number of hydrogen-bond acceptors (Lipinski definition) is 5. The van der Waals surface area contributed by atoms with Crippen LogP contribution in [0.1, 0.15) is 83.4 Å². The summed E-state index contributed by atoms with van der Waals surface area (Å²) in [5, 5.41) is 0. The Morgan fingerprint density at radius 2 is 2.03 bits per heavy atom. The summed E-state index contributed by atoms with van der Waals surface area (Å²) in [6.07, 6.45) is 7.13. The molecule has 2 aliphatic heterocycles. The molecule has 0 saturated carbocycles. The van der Waals surface area contributed by atoms with E-state index in [0.29, 0.717) is 23.9 Å². The topological polar surface area (TPSA) is 48.0 Å². The fourth-order valence-electron chi connectivity index (χ4n) is 6.82. The van der Waals surface area contributed by atoms with Crippen LogP contribution in [0.15, 0.2) is 17.2 Å². The molecule has 2 heterocycles. The summed E-state index contributed by atoms with van der Waals surface area (Å²) in [4.78, 5) is 16.4. The molecule has 4 aliphatic rings. The molecule has 0 spiro atoms. The number of rotatable bonds is 4. The SMILES string of the molecule is COc1c2c(cc3c1[C@@H](CC(=O)[C@]1(C)CC4=C(CCCC4(C)C)C[C@@H]1C)N(C)CC3)OCO2. The highest BCUT2D eigenvalue weighted by atomic mass is 16.7. The second-order valence-electron chi connectivity index (χ2n) is 11.6. The number of methoxy groups -OCH3 is 1. The van der Waals surface area contributed by atoms with Crippen molar-refractivity contribution in [1.29, 1.82) is 0 Å². The fraction of sp³-hybridized carbons (Fsp3) is 0.679. The van der Waals surface area contributed by atoms with Crippen molar-refractivity contribution in [2.45, 2.75) is 78.7 Å². The Kier molecular flexibility index (Phi) is 5.55. The summed E-state index contributed by atoms with van der Waals surface area (Å²) >= 11 is 0. The summed E-state index contributed by atoms with van der Waals surface area (Å²) in [7, 11) is 3.82. The van der Waals surface area contributed by atoms with Crippen LogP contribution in [0.5, 0.6) is 17.2 Å². The molecule has 180 valence electrons. The minimum absolute atomic E-state index is 0.00975. The Morgan fingerprint density at radius 3 is 2.79 bits per heavy atom. The first kappa shape index (κ1) is 22.8. The summed E-state index contributed by atoms with van der Waals surface area (Å²) in [6, 6.07) is 2.08. The van der Waals surface area contributed by atoms with Gasteiger partial charge in [0.1, 0.15) is 5.78 Å². The normalized spacial score (nSPS) is 30.6. The van der Waals surface area contributed by atoms with Crippen LogP contribution in [0.3, 0.4) is 0 Å². The third-order valence-corrected chi connectivity index (χ3v) is 9.27. The van der Waals surface area contributed by atoms with Gasteiger partial charge in [-0.05, 0) is 68.5 Å². The van der Waals surface area contributed by atoms with E-state index in [1.165, 1.54) is 24.8 Å². The maximum Gasteiger partial charge on any atom is 0.231 e. The molecular weight excluding hydrogens is 414 g/mol. The number of nitrogens with zero attached hydrogens (tertiary/aromatic N) is 1. The molecule has 5 nitrogen and oxygen atoms in total. The quantitative estimate of drug-likeness (QED) is 0.535. The monoisotopic (exact) mass is 453 g/mol. The lowest BCUT2D eigenvalue weighted by molar-refractivity contribution is -0.132. The lowest BCUT2D eigenvalue weighted by atomic mass is 9.56. The molecule has 3 atom stereocenters. The van der Waals surface area contributed by atoms with Crippen molar-refractivity contribution in [1.82, 2.24) is 4.90 Å². The number of fused-ring (bicyclic) bond motifs is 2. The number of carbonyl (C=O) groups excluding carboxylic acids is 1. The van der Waals surface area contributed by atoms with E-state index in [1.807, 2.05) is 0 Å². The van der Waals surface area contributed by atoms with Gasteiger partial charge in [-0.25, -0.2) is 0 Å². The lowest BCUT2D eigenvalue weighted by Crippen LogP contribution is -2.43. The van der Waals surface area contributed by atoms with Crippen LogP contribution in [0.25, 0.3) is 0 Å². The van der Waals surface area contributed by atoms with Gasteiger partial charge in [0.2, 0.25) is 12.5 Å². The second-order valence-corrected chi connectivity index (χ2v) is 11.6. The summed E-state index contributed by atoms with van der Waals surface area (Å²) in [6.45, 7) is 10.4. The van der Waals surface area contributed by atoms with Gasteiger partial charge in [-0.3, -0.25) is 9.69 Å². The Balaban J connectivity index is 1.48. The number of hydrogen-bond donors (Lipinski definition) is 0. The fourth-order valence-corrected chi connectivity index (χ4v) is 6.82. The molecule has 0 amide bonds. The standard InChI is InChI=1S/C28H39NO4/c1-17-12-18-8-7-10-27(2,3)20(18)15-28(17,4)23(30)14-21-24-19(9-11-29(21)5)13-22-25(26(24)31-6)33-16-32-22/h13,17,21H,7-12,14-16H2,1-6H3/t17-,21+,28+/m0/s1. The van der Waals surface area contributed by atoms with Crippen LogP contribution >= 0.6 is 0 Å². The highest BCUT2D eigenvalue weighted by molar-refractivity contribution is 5.86. The van der Waals surface area contributed by atoms with Crippen LogP contribution in [0, 0.1) is 16.7 Å². The third-order valence-electron chi connectivity index (χ3n) is 9.27. The van der Waals surface area contributed by atoms with Crippen molar-refractivity contribution in [2.75, 3.05) is 27.5 Å². The van der Waals surface area contributed by atoms with Gasteiger partial charge in [0.15, 0.2) is 11.5 Å². The van der Waals surface area contributed by atoms with E-state index >= 15 is 0 Å². The van der Waals surface area contributed by atoms with E-state index in [2.05, 4.69) is 45.7 Å². The van der Waals surface area contributed by atoms with Gasteiger partial charge in [0.25, 0.3) is 0 Å². The molecule has 0 fully saturated rings. The second kappa shape index (κ2) is 8.04. The molecule has 1 aromatic rings. The maximum atomic E-state index is 14.1. The van der Waals surface area contributed by atoms with E-state index in [9.17, 15) is 4.79 Å². The number of benzene rings is 1. The molecule has 0 radical (unpaired) electrons. The van der Waals surface area contributed by atoms with Gasteiger partial charge in [-0.2, -0.15) is 0 Å². The molecule has 5 heteroatoms. The van der Waals surface area contributed by atoms with Crippen molar-refractivity contribution in [3.8, 4) is 17.2 Å². The number of carbonyl (C=O) groups is 1. The summed E-state index contributed by atoms with van der Waals surface area (Å²) < 4.78 is 17.3. The predicted octanol–water partition coefficient (Wildman–Crippen LogP) is 5.86. The molecule has 5 rings (SSSR count). The first-order chi connectivity index (χ1) is 15.7. The smallest absolute Gasteiger partial charge is 0.231 e. The average molecular weight is 454 g/mol. The molecule has 33 heavy (non-hydrogen) atoms. The summed E-state index contributed by atoms with van der Waals surface area (Å²) in [5.74, 6) is 2.92. The molecule has 0 unspecified atom stereocenters. The molecule has 0 aromatic heterocycles. The Hall–Kier alpha value is -2.01. The van der Waals surface area contributed by atoms with E-state index in [1.54, 1.807) is 18.3 Å². The molecule has 0 bridgehead atoms. The number of allylic oxidation sites excluding steroid dienone is 2. The van der Waals surface area contributed by atoms with Crippen LogP contribution in [0.4, 0.5) is 0 Å². The molecular formula is C28H39NO4. The van der Waals surface area contributed by atoms with E-state index in [0.717, 1.165) is 42.9 Å². The average Bonchev–Trinajstić information content (AvgIpc) is 3.23. The first-order valence-electron chi connectivity index (χ1n) is 12.6. The number of Topliss-reactive ketones (excluding diaryl/α,β-unsaturated/α-hetero) is 1. The summed E-state index contributed by atoms with van der Waals surface area (Å²) in [5.41, 5.74) is 5.42. The highest BCUT2D eigenvalue weighted by Gasteiger charge is 2.48. The molecule has 0 saturated heterocycles. The van der Waals surface area contributed by atoms with Crippen LogP contribution in [-0.4, -0.2) is 38.2 Å². The zero-order valence-electron chi connectivity index (χ0n) is 21.2. The van der Waals surface area contributed by atoms with Crippen molar-refractivity contribution >= 4 is 5.78 Å². The first-order valence-corrected chi connectivity index (χ1v) is 12.6. The maximum absolute atomic E-state index is 14.1. The van der Waals surface area contributed by atoms with Crippen molar-refractivity contribution in [3.05, 3.63) is 28.3 Å². The van der Waals surface area contributed by atoms with E-state index < -0.39 is 0 Å². The minimum atomic E-state index is -0.324. The van der Waals surface area contributed by atoms with Gasteiger partial charge in [-0.1, -0.05) is 38.8 Å². The Morgan fingerprint density at radius 1 is 1.24 bits per heavy atom. The van der Waals surface area contributed by atoms with Gasteiger partial charge >= 0.3 is 0 Å². The lowest BCUT2D eigenvalue weighted by Gasteiger charge is -2.48. The van der Waals surface area contributed by atoms with Gasteiger partial charge in [0, 0.05) is 30.0 Å². The van der Waals surface area contributed by atoms with Crippen molar-refractivity contribution in [3.63, 3.8) is 0 Å². The van der Waals surface area contributed by atoms with Gasteiger partial charge in [-0.15, -0.1) is 0 Å². The number of likely N-dealkylation sites (N-methyl/N-ethyl adjacent to an activating group) is 1. The molecule has 0 N–H and O–H groups in total. The minimum Gasteiger partial charge on any atom is -0.492 e. The zero-order chi connectivity index (χ0) is 23.5. The largest absolute Gasteiger partial charge is 0.492 e. The number of ketones is 1. The van der Waals surface area contributed by atoms with Crippen molar-refractivity contribution < 1.29 is 19.0 Å². The Bertz CT molecular complexity index is 1010. The third kappa shape index (κ3) is 3.58. The van der Waals surface area contributed by atoms with E-state index in [4.69, 9.17) is 14.2 Å². The van der Waals surface area contributed by atoms with Crippen LogP contribution < -0.4 is 14.2 Å². The molecule has 2 aliphatic carbocycles. The number of ether oxygens (including phenoxy) is 3. The van der Waals surface area contributed by atoms with Gasteiger partial charge < -0.3 is 14.2 Å². The van der Waals surface area contributed by atoms with Gasteiger partial charge in [0.05, 0.1) is 7.11 Å². The zero-order valence-corrected chi connectivity index (χ0v) is 21.2. The van der Waals surface area contributed by atoms with E-state index in [-0.39, 0.29) is 23.7 Å². The van der Waals surface area contributed by atoms with Crippen LogP contribution in [0.2, 0.25) is 0 Å². The predicted molar refractivity (Wildman–Crippen MR) is 129 cm³/mol. The Labute approximate surface area is 198 Å². The van der Waals surface area contributed by atoms with Crippen LogP contribution in [-0.2, 0) is 11.2 Å². The molecule has 1 aromatic carbocycles.